The van der Waals surface area contributed by atoms with E-state index in [2.05, 4.69) is 34.4 Å². The summed E-state index contributed by atoms with van der Waals surface area (Å²) in [7, 11) is 0. The van der Waals surface area contributed by atoms with E-state index in [0.29, 0.717) is 5.41 Å². The number of hydrogen-bond donors (Lipinski definition) is 2. The van der Waals surface area contributed by atoms with Gasteiger partial charge >= 0.3 is 0 Å². The fraction of sp³-hybridized carbons (Fsp3) is 0.733. The Balaban J connectivity index is 1.94. The second kappa shape index (κ2) is 6.22. The standard InChI is InChI=1S/C15H26N4/c1-4-6-15(7-8-15)11-17-13-10-12(3)18-14(19-13)16-9-5-2/h10H,4-9,11H2,1-3H3,(H2,16,17,18,19). The lowest BCUT2D eigenvalue weighted by Gasteiger charge is -2.16. The Morgan fingerprint density at radius 3 is 2.58 bits per heavy atom. The summed E-state index contributed by atoms with van der Waals surface area (Å²) in [5.41, 5.74) is 1.56. The summed E-state index contributed by atoms with van der Waals surface area (Å²) in [6.07, 6.45) is 6.40. The zero-order chi connectivity index (χ0) is 13.7. The largest absolute Gasteiger partial charge is 0.369 e. The van der Waals surface area contributed by atoms with Gasteiger partial charge in [-0.1, -0.05) is 20.3 Å². The van der Waals surface area contributed by atoms with E-state index in [1.807, 2.05) is 13.0 Å². The summed E-state index contributed by atoms with van der Waals surface area (Å²) in [6, 6.07) is 2.03. The minimum Gasteiger partial charge on any atom is -0.369 e. The zero-order valence-electron chi connectivity index (χ0n) is 12.4. The molecule has 0 aliphatic heterocycles. The highest BCUT2D eigenvalue weighted by Gasteiger charge is 2.41. The molecule has 19 heavy (non-hydrogen) atoms. The smallest absolute Gasteiger partial charge is 0.224 e. The second-order valence-corrected chi connectivity index (χ2v) is 5.75. The summed E-state index contributed by atoms with van der Waals surface area (Å²) in [5.74, 6) is 1.69. The van der Waals surface area contributed by atoms with Gasteiger partial charge < -0.3 is 10.6 Å². The molecular weight excluding hydrogens is 236 g/mol. The predicted octanol–water partition coefficient (Wildman–Crippen LogP) is 3.60. The van der Waals surface area contributed by atoms with Crippen LogP contribution in [0.3, 0.4) is 0 Å². The van der Waals surface area contributed by atoms with Crippen LogP contribution in [0, 0.1) is 12.3 Å². The fourth-order valence-corrected chi connectivity index (χ4v) is 2.48. The first kappa shape index (κ1) is 14.1. The molecule has 0 radical (unpaired) electrons. The Hall–Kier alpha value is -1.32. The molecule has 2 N–H and O–H groups in total. The quantitative estimate of drug-likeness (QED) is 0.751. The highest BCUT2D eigenvalue weighted by atomic mass is 15.1. The third kappa shape index (κ3) is 4.08. The van der Waals surface area contributed by atoms with Crippen LogP contribution < -0.4 is 10.6 Å². The maximum atomic E-state index is 4.53. The first-order chi connectivity index (χ1) is 9.17. The zero-order valence-corrected chi connectivity index (χ0v) is 12.4. The third-order valence-corrected chi connectivity index (χ3v) is 3.77. The van der Waals surface area contributed by atoms with E-state index in [-0.39, 0.29) is 0 Å². The Morgan fingerprint density at radius 1 is 1.16 bits per heavy atom. The molecule has 1 saturated carbocycles. The van der Waals surface area contributed by atoms with Gasteiger partial charge in [-0.15, -0.1) is 0 Å². The average Bonchev–Trinajstić information content (AvgIpc) is 3.14. The minimum absolute atomic E-state index is 0.546. The Bertz CT molecular complexity index is 413. The second-order valence-electron chi connectivity index (χ2n) is 5.75. The third-order valence-electron chi connectivity index (χ3n) is 3.77. The van der Waals surface area contributed by atoms with Crippen LogP contribution in [0.4, 0.5) is 11.8 Å². The van der Waals surface area contributed by atoms with Crippen molar-refractivity contribution in [3.05, 3.63) is 11.8 Å². The molecule has 4 heteroatoms. The van der Waals surface area contributed by atoms with Crippen LogP contribution in [0.2, 0.25) is 0 Å². The molecule has 2 rings (SSSR count). The van der Waals surface area contributed by atoms with Gasteiger partial charge in [0.05, 0.1) is 0 Å². The molecule has 0 bridgehead atoms. The number of aryl methyl sites for hydroxylation is 1. The number of rotatable bonds is 8. The summed E-state index contributed by atoms with van der Waals surface area (Å²) < 4.78 is 0. The minimum atomic E-state index is 0.546. The molecule has 0 amide bonds. The topological polar surface area (TPSA) is 49.8 Å². The normalized spacial score (nSPS) is 16.2. The lowest BCUT2D eigenvalue weighted by molar-refractivity contribution is 0.485. The van der Waals surface area contributed by atoms with E-state index in [4.69, 9.17) is 0 Å². The Labute approximate surface area is 116 Å². The summed E-state index contributed by atoms with van der Waals surface area (Å²) in [4.78, 5) is 8.93. The van der Waals surface area contributed by atoms with Crippen LogP contribution in [0.5, 0.6) is 0 Å². The van der Waals surface area contributed by atoms with Gasteiger partial charge in [0, 0.05) is 24.8 Å². The highest BCUT2D eigenvalue weighted by molar-refractivity contribution is 5.42. The predicted molar refractivity (Wildman–Crippen MR) is 80.6 cm³/mol. The van der Waals surface area contributed by atoms with Crippen molar-refractivity contribution in [2.24, 2.45) is 5.41 Å². The molecule has 1 aromatic heterocycles. The van der Waals surface area contributed by atoms with Gasteiger partial charge in [0.15, 0.2) is 0 Å². The molecule has 0 spiro atoms. The first-order valence-electron chi connectivity index (χ1n) is 7.51. The SMILES string of the molecule is CCCNc1nc(C)cc(NCC2(CCC)CC2)n1. The van der Waals surface area contributed by atoms with Gasteiger partial charge in [-0.3, -0.25) is 0 Å². The van der Waals surface area contributed by atoms with Crippen LogP contribution in [-0.2, 0) is 0 Å². The van der Waals surface area contributed by atoms with E-state index >= 15 is 0 Å². The molecule has 0 saturated heterocycles. The number of anilines is 2. The summed E-state index contributed by atoms with van der Waals surface area (Å²) in [6.45, 7) is 8.39. The van der Waals surface area contributed by atoms with Crippen molar-refractivity contribution in [3.63, 3.8) is 0 Å². The van der Waals surface area contributed by atoms with Crippen molar-refractivity contribution >= 4 is 11.8 Å². The van der Waals surface area contributed by atoms with Crippen molar-refractivity contribution in [1.82, 2.24) is 9.97 Å². The van der Waals surface area contributed by atoms with E-state index in [9.17, 15) is 0 Å². The van der Waals surface area contributed by atoms with Crippen molar-refractivity contribution in [1.29, 1.82) is 0 Å². The number of nitrogens with zero attached hydrogens (tertiary/aromatic N) is 2. The summed E-state index contributed by atoms with van der Waals surface area (Å²) in [5, 5.41) is 6.75. The molecular formula is C15H26N4. The molecule has 1 aliphatic carbocycles. The maximum absolute atomic E-state index is 4.53. The molecule has 0 unspecified atom stereocenters. The van der Waals surface area contributed by atoms with Crippen LogP contribution in [0.25, 0.3) is 0 Å². The molecule has 1 fully saturated rings. The van der Waals surface area contributed by atoms with E-state index in [1.165, 1.54) is 25.7 Å². The number of nitrogens with one attached hydrogen (secondary N) is 2. The molecule has 1 aromatic rings. The monoisotopic (exact) mass is 262 g/mol. The van der Waals surface area contributed by atoms with Crippen molar-refractivity contribution in [2.45, 2.75) is 52.9 Å². The molecule has 4 nitrogen and oxygen atoms in total. The number of hydrogen-bond acceptors (Lipinski definition) is 4. The van der Waals surface area contributed by atoms with E-state index in [1.54, 1.807) is 0 Å². The van der Waals surface area contributed by atoms with Crippen LogP contribution >= 0.6 is 0 Å². The fourth-order valence-electron chi connectivity index (χ4n) is 2.48. The number of aromatic nitrogens is 2. The van der Waals surface area contributed by atoms with Crippen LogP contribution in [-0.4, -0.2) is 23.1 Å². The first-order valence-corrected chi connectivity index (χ1v) is 7.51. The Morgan fingerprint density at radius 2 is 1.95 bits per heavy atom. The molecule has 106 valence electrons. The van der Waals surface area contributed by atoms with Crippen LogP contribution in [0.1, 0.15) is 51.6 Å². The van der Waals surface area contributed by atoms with Gasteiger partial charge in [0.2, 0.25) is 5.95 Å². The van der Waals surface area contributed by atoms with Gasteiger partial charge in [-0.05, 0) is 38.0 Å². The van der Waals surface area contributed by atoms with E-state index < -0.39 is 0 Å². The average molecular weight is 262 g/mol. The van der Waals surface area contributed by atoms with Gasteiger partial charge in [-0.2, -0.15) is 4.98 Å². The van der Waals surface area contributed by atoms with Gasteiger partial charge in [0.1, 0.15) is 5.82 Å². The highest BCUT2D eigenvalue weighted by Crippen LogP contribution is 2.49. The maximum Gasteiger partial charge on any atom is 0.224 e. The van der Waals surface area contributed by atoms with Gasteiger partial charge in [-0.25, -0.2) is 4.98 Å². The Kier molecular flexibility index (Phi) is 4.61. The van der Waals surface area contributed by atoms with E-state index in [0.717, 1.165) is 37.0 Å². The molecule has 1 heterocycles. The molecule has 0 aromatic carbocycles. The van der Waals surface area contributed by atoms with Crippen molar-refractivity contribution < 1.29 is 0 Å². The van der Waals surface area contributed by atoms with Crippen LogP contribution in [0.15, 0.2) is 6.07 Å². The van der Waals surface area contributed by atoms with Crippen molar-refractivity contribution in [3.8, 4) is 0 Å². The summed E-state index contributed by atoms with van der Waals surface area (Å²) >= 11 is 0. The van der Waals surface area contributed by atoms with Gasteiger partial charge in [0.25, 0.3) is 0 Å². The lowest BCUT2D eigenvalue weighted by Crippen LogP contribution is -2.17. The van der Waals surface area contributed by atoms with Crippen molar-refractivity contribution in [2.75, 3.05) is 23.7 Å². The molecule has 0 atom stereocenters. The molecule has 1 aliphatic rings. The lowest BCUT2D eigenvalue weighted by atomic mass is 10.0.